The van der Waals surface area contributed by atoms with Gasteiger partial charge in [-0.3, -0.25) is 9.78 Å². The fraction of sp³-hybridized carbons (Fsp3) is 0.367. The Morgan fingerprint density at radius 1 is 1.08 bits per heavy atom. The summed E-state index contributed by atoms with van der Waals surface area (Å²) in [6.45, 7) is 11.7. The summed E-state index contributed by atoms with van der Waals surface area (Å²) in [5, 5.41) is 0. The number of ether oxygens (including phenoxy) is 1. The van der Waals surface area contributed by atoms with Gasteiger partial charge in [0.1, 0.15) is 12.4 Å². The van der Waals surface area contributed by atoms with Crippen LogP contribution in [0.1, 0.15) is 68.5 Å². The summed E-state index contributed by atoms with van der Waals surface area (Å²) in [4.78, 5) is 21.3. The quantitative estimate of drug-likeness (QED) is 0.258. The van der Waals surface area contributed by atoms with E-state index < -0.39 is 27.4 Å². The van der Waals surface area contributed by atoms with Crippen LogP contribution in [-0.2, 0) is 38.1 Å². The van der Waals surface area contributed by atoms with E-state index in [9.17, 15) is 13.2 Å². The number of benzene rings is 3. The summed E-state index contributed by atoms with van der Waals surface area (Å²) in [6, 6.07) is 18.6. The zero-order valence-corrected chi connectivity index (χ0v) is 23.6. The molecule has 0 amide bonds. The van der Waals surface area contributed by atoms with Gasteiger partial charge in [0, 0.05) is 30.5 Å². The van der Waals surface area contributed by atoms with E-state index in [0.29, 0.717) is 42.2 Å². The highest BCUT2D eigenvalue weighted by atomic mass is 32.2. The molecule has 3 aromatic rings. The van der Waals surface area contributed by atoms with Crippen molar-refractivity contribution in [2.75, 3.05) is 6.54 Å². The predicted molar refractivity (Wildman–Crippen MR) is 145 cm³/mol. The molecule has 0 bridgehead atoms. The van der Waals surface area contributed by atoms with Crippen LogP contribution < -0.4 is 9.62 Å². The first-order valence-electron chi connectivity index (χ1n) is 12.8. The topological polar surface area (TPSA) is 82.1 Å². The Kier molecular flexibility index (Phi) is 7.85. The Hall–Kier alpha value is -3.36. The van der Waals surface area contributed by atoms with Crippen molar-refractivity contribution in [2.24, 2.45) is 0 Å². The summed E-state index contributed by atoms with van der Waals surface area (Å²) < 4.78 is 36.0. The minimum Gasteiger partial charge on any atom is -0.489 e. The molecular formula is C30H35NO6S. The first-order chi connectivity index (χ1) is 18.0. The highest BCUT2D eigenvalue weighted by Gasteiger charge is 2.42. The standard InChI is InChI=1S/C30H35NO6S/c1-7-25-20(2)28(37-36-22(4)32)15-16-29(25)38(33,34)31-19-30(5,6)27-14-13-24(17-26(27)21(31)3)35-18-23-11-9-8-10-12-23/h8-17,21H,7,18-19H2,1-6H3. The van der Waals surface area contributed by atoms with Crippen molar-refractivity contribution in [3.8, 4) is 11.5 Å². The van der Waals surface area contributed by atoms with Crippen molar-refractivity contribution in [2.45, 2.75) is 70.9 Å². The summed E-state index contributed by atoms with van der Waals surface area (Å²) in [6.07, 6.45) is 0.470. The van der Waals surface area contributed by atoms with Crippen molar-refractivity contribution in [1.29, 1.82) is 0 Å². The summed E-state index contributed by atoms with van der Waals surface area (Å²) in [5.74, 6) is 0.425. The molecule has 1 atom stereocenters. The van der Waals surface area contributed by atoms with Crippen molar-refractivity contribution >= 4 is 16.0 Å². The van der Waals surface area contributed by atoms with E-state index in [1.807, 2.05) is 56.3 Å². The number of fused-ring (bicyclic) bond motifs is 1. The first-order valence-corrected chi connectivity index (χ1v) is 14.2. The second-order valence-electron chi connectivity index (χ2n) is 10.3. The van der Waals surface area contributed by atoms with E-state index in [2.05, 4.69) is 24.8 Å². The molecule has 8 heteroatoms. The molecule has 4 rings (SSSR count). The summed E-state index contributed by atoms with van der Waals surface area (Å²) >= 11 is 0. The Labute approximate surface area is 225 Å². The van der Waals surface area contributed by atoms with Gasteiger partial charge in [0.2, 0.25) is 10.0 Å². The highest BCUT2D eigenvalue weighted by Crippen LogP contribution is 2.44. The van der Waals surface area contributed by atoms with E-state index >= 15 is 0 Å². The van der Waals surface area contributed by atoms with Gasteiger partial charge in [0.25, 0.3) is 0 Å². The van der Waals surface area contributed by atoms with Gasteiger partial charge in [-0.2, -0.15) is 4.31 Å². The molecule has 0 spiro atoms. The zero-order chi connectivity index (χ0) is 27.7. The maximum absolute atomic E-state index is 14.2. The number of hydrogen-bond acceptors (Lipinski definition) is 6. The maximum Gasteiger partial charge on any atom is 0.352 e. The minimum absolute atomic E-state index is 0.232. The first kappa shape index (κ1) is 27.7. The van der Waals surface area contributed by atoms with E-state index in [-0.39, 0.29) is 4.90 Å². The lowest BCUT2D eigenvalue weighted by Gasteiger charge is -2.43. The molecule has 1 unspecified atom stereocenters. The van der Waals surface area contributed by atoms with Gasteiger partial charge in [-0.1, -0.05) is 57.2 Å². The molecular weight excluding hydrogens is 502 g/mol. The number of nitrogens with zero attached hydrogens (tertiary/aromatic N) is 1. The van der Waals surface area contributed by atoms with Gasteiger partial charge >= 0.3 is 5.97 Å². The van der Waals surface area contributed by atoms with Crippen LogP contribution in [-0.4, -0.2) is 25.2 Å². The number of carbonyl (C=O) groups excluding carboxylic acids is 1. The molecule has 0 radical (unpaired) electrons. The average molecular weight is 538 g/mol. The predicted octanol–water partition coefficient (Wildman–Crippen LogP) is 6.04. The minimum atomic E-state index is -3.88. The average Bonchev–Trinajstić information content (AvgIpc) is 2.89. The fourth-order valence-electron chi connectivity index (χ4n) is 5.11. The highest BCUT2D eigenvalue weighted by molar-refractivity contribution is 7.89. The lowest BCUT2D eigenvalue weighted by atomic mass is 9.77. The molecule has 38 heavy (non-hydrogen) atoms. The molecule has 3 aromatic carbocycles. The van der Waals surface area contributed by atoms with Gasteiger partial charge in [0.15, 0.2) is 5.75 Å². The number of sulfonamides is 1. The second-order valence-corrected chi connectivity index (χ2v) is 12.2. The SMILES string of the molecule is CCc1c(S(=O)(=O)N2CC(C)(C)c3ccc(OCc4ccccc4)cc3C2C)ccc(OOC(C)=O)c1C. The van der Waals surface area contributed by atoms with Crippen LogP contribution in [0.5, 0.6) is 11.5 Å². The largest absolute Gasteiger partial charge is 0.489 e. The van der Waals surface area contributed by atoms with E-state index in [1.54, 1.807) is 11.2 Å². The Morgan fingerprint density at radius 2 is 1.79 bits per heavy atom. The fourth-order valence-corrected chi connectivity index (χ4v) is 7.23. The Balaban J connectivity index is 1.69. The molecule has 0 fully saturated rings. The number of rotatable bonds is 8. The van der Waals surface area contributed by atoms with E-state index in [4.69, 9.17) is 9.62 Å². The normalized spacial score (nSPS) is 16.9. The molecule has 0 N–H and O–H groups in total. The third kappa shape index (κ3) is 5.42. The Bertz CT molecular complexity index is 1430. The maximum atomic E-state index is 14.2. The molecule has 0 saturated heterocycles. The van der Waals surface area contributed by atoms with Crippen LogP contribution in [0.25, 0.3) is 0 Å². The third-order valence-corrected chi connectivity index (χ3v) is 9.13. The van der Waals surface area contributed by atoms with Crippen LogP contribution >= 0.6 is 0 Å². The number of hydrogen-bond donors (Lipinski definition) is 0. The molecule has 1 heterocycles. The van der Waals surface area contributed by atoms with Crippen LogP contribution in [0.2, 0.25) is 0 Å². The molecule has 0 aliphatic carbocycles. The lowest BCUT2D eigenvalue weighted by Crippen LogP contribution is -2.47. The van der Waals surface area contributed by atoms with Gasteiger partial charge in [-0.05, 0) is 66.8 Å². The molecule has 0 aromatic heterocycles. The van der Waals surface area contributed by atoms with Gasteiger partial charge < -0.3 is 4.74 Å². The van der Waals surface area contributed by atoms with Crippen LogP contribution in [0, 0.1) is 6.92 Å². The van der Waals surface area contributed by atoms with Crippen LogP contribution in [0.15, 0.2) is 65.6 Å². The molecule has 7 nitrogen and oxygen atoms in total. The van der Waals surface area contributed by atoms with Gasteiger partial charge in [-0.25, -0.2) is 13.2 Å². The third-order valence-electron chi connectivity index (χ3n) is 7.13. The van der Waals surface area contributed by atoms with Crippen molar-refractivity contribution in [1.82, 2.24) is 4.31 Å². The van der Waals surface area contributed by atoms with E-state index in [0.717, 1.165) is 16.7 Å². The van der Waals surface area contributed by atoms with E-state index in [1.165, 1.54) is 19.1 Å². The van der Waals surface area contributed by atoms with Gasteiger partial charge in [0.05, 0.1) is 4.90 Å². The zero-order valence-electron chi connectivity index (χ0n) is 22.8. The lowest BCUT2D eigenvalue weighted by molar-refractivity contribution is -0.211. The van der Waals surface area contributed by atoms with Crippen LogP contribution in [0.4, 0.5) is 0 Å². The smallest absolute Gasteiger partial charge is 0.352 e. The monoisotopic (exact) mass is 537 g/mol. The van der Waals surface area contributed by atoms with Crippen molar-refractivity contribution in [3.63, 3.8) is 0 Å². The van der Waals surface area contributed by atoms with Crippen LogP contribution in [0.3, 0.4) is 0 Å². The second kappa shape index (κ2) is 10.8. The van der Waals surface area contributed by atoms with Crippen molar-refractivity contribution < 1.29 is 27.7 Å². The van der Waals surface area contributed by atoms with Gasteiger partial charge in [-0.15, -0.1) is 0 Å². The molecule has 1 aliphatic rings. The number of carbonyl (C=O) groups is 1. The Morgan fingerprint density at radius 3 is 2.45 bits per heavy atom. The van der Waals surface area contributed by atoms with Crippen molar-refractivity contribution in [3.05, 3.63) is 88.5 Å². The molecule has 1 aliphatic heterocycles. The molecule has 202 valence electrons. The molecule has 0 saturated carbocycles. The summed E-state index contributed by atoms with van der Waals surface area (Å²) in [7, 11) is -3.88. The summed E-state index contributed by atoms with van der Waals surface area (Å²) in [5.41, 5.74) is 3.94.